The second-order valence-corrected chi connectivity index (χ2v) is 9.28. The molecule has 1 saturated carbocycles. The molecule has 0 amide bonds. The summed E-state index contributed by atoms with van der Waals surface area (Å²) >= 11 is 6.12. The Balaban J connectivity index is 1.22. The molecule has 2 aromatic carbocycles. The number of esters is 1. The van der Waals surface area contributed by atoms with Crippen LogP contribution >= 0.6 is 11.6 Å². The number of aromatic nitrogens is 2. The summed E-state index contributed by atoms with van der Waals surface area (Å²) in [5, 5.41) is 3.60. The quantitative estimate of drug-likeness (QED) is 0.189. The van der Waals surface area contributed by atoms with Crippen molar-refractivity contribution >= 4 is 39.2 Å². The van der Waals surface area contributed by atoms with E-state index < -0.39 is 5.41 Å². The number of rotatable bonds is 7. The van der Waals surface area contributed by atoms with Crippen molar-refractivity contribution in [2.75, 3.05) is 20.3 Å². The molecule has 174 valence electrons. The van der Waals surface area contributed by atoms with Crippen LogP contribution in [0.5, 0.6) is 5.75 Å². The largest absolute Gasteiger partial charge is 0.491 e. The normalized spacial score (nSPS) is 19.7. The lowest BCUT2D eigenvalue weighted by atomic mass is 9.68. The molecule has 0 atom stereocenters. The molecular weight excluding hydrogens is 452 g/mol. The molecule has 5 rings (SSSR count). The van der Waals surface area contributed by atoms with Gasteiger partial charge in [0.2, 0.25) is 0 Å². The van der Waals surface area contributed by atoms with Crippen LogP contribution < -0.4 is 4.74 Å². The third-order valence-corrected chi connectivity index (χ3v) is 6.61. The van der Waals surface area contributed by atoms with Gasteiger partial charge in [-0.05, 0) is 66.9 Å². The number of hydrogen-bond acceptors (Lipinski definition) is 6. The molecule has 1 aliphatic rings. The Hall–Kier alpha value is -3.22. The van der Waals surface area contributed by atoms with Crippen molar-refractivity contribution in [2.24, 2.45) is 5.41 Å². The Morgan fingerprint density at radius 3 is 2.62 bits per heavy atom. The second kappa shape index (κ2) is 9.20. The summed E-state index contributed by atoms with van der Waals surface area (Å²) in [4.78, 5) is 20.8. The molecule has 4 aromatic rings. The number of benzene rings is 2. The van der Waals surface area contributed by atoms with Crippen molar-refractivity contribution in [2.45, 2.75) is 25.9 Å². The molecule has 0 aliphatic heterocycles. The molecule has 34 heavy (non-hydrogen) atoms. The first-order chi connectivity index (χ1) is 16.4. The minimum absolute atomic E-state index is 0.0785. The van der Waals surface area contributed by atoms with Crippen molar-refractivity contribution < 1.29 is 19.0 Å². The standard InChI is InChI=1S/C27H25ClN2O4/c1-27(26(31)32-2)15-22(16-27)34-12-11-33-21-7-5-18-13-20(4-3-19(18)14-21)24-25-17(9-10-29-24)6-8-23(28)30-25/h3-10,13-14,22H,11-12,15-16H2,1-2H3. The Morgan fingerprint density at radius 2 is 1.79 bits per heavy atom. The smallest absolute Gasteiger partial charge is 0.311 e. The van der Waals surface area contributed by atoms with Crippen molar-refractivity contribution in [1.29, 1.82) is 0 Å². The van der Waals surface area contributed by atoms with Gasteiger partial charge in [-0.2, -0.15) is 0 Å². The number of carbonyl (C=O) groups excluding carboxylic acids is 1. The second-order valence-electron chi connectivity index (χ2n) is 8.89. The highest BCUT2D eigenvalue weighted by Crippen LogP contribution is 2.43. The summed E-state index contributed by atoms with van der Waals surface area (Å²) in [6.45, 7) is 2.83. The summed E-state index contributed by atoms with van der Waals surface area (Å²) in [6, 6.07) is 17.9. The molecule has 0 spiro atoms. The van der Waals surface area contributed by atoms with E-state index >= 15 is 0 Å². The van der Waals surface area contributed by atoms with Crippen LogP contribution in [0.4, 0.5) is 0 Å². The minimum atomic E-state index is -0.415. The Bertz CT molecular complexity index is 1370. The lowest BCUT2D eigenvalue weighted by Gasteiger charge is -2.42. The van der Waals surface area contributed by atoms with Gasteiger partial charge in [-0.25, -0.2) is 4.98 Å². The van der Waals surface area contributed by atoms with Crippen molar-refractivity contribution in [3.8, 4) is 17.0 Å². The first-order valence-corrected chi connectivity index (χ1v) is 11.6. The number of ether oxygens (including phenoxy) is 3. The average Bonchev–Trinajstić information content (AvgIpc) is 2.83. The van der Waals surface area contributed by atoms with E-state index in [1.165, 1.54) is 7.11 Å². The SMILES string of the molecule is COC(=O)C1(C)CC(OCCOc2ccc3cc(-c4nccc5ccc(Cl)nc45)ccc3c2)C1. The zero-order chi connectivity index (χ0) is 23.7. The molecule has 2 heterocycles. The lowest BCUT2D eigenvalue weighted by molar-refractivity contribution is -0.168. The van der Waals surface area contributed by atoms with E-state index in [1.807, 2.05) is 43.3 Å². The van der Waals surface area contributed by atoms with Crippen molar-refractivity contribution in [3.63, 3.8) is 0 Å². The molecule has 0 unspecified atom stereocenters. The van der Waals surface area contributed by atoms with E-state index in [0.717, 1.165) is 38.7 Å². The third kappa shape index (κ3) is 4.43. The van der Waals surface area contributed by atoms with Gasteiger partial charge in [-0.3, -0.25) is 9.78 Å². The molecule has 1 fully saturated rings. The number of pyridine rings is 2. The molecule has 7 heteroatoms. The third-order valence-electron chi connectivity index (χ3n) is 6.40. The van der Waals surface area contributed by atoms with Crippen molar-refractivity contribution in [1.82, 2.24) is 9.97 Å². The summed E-state index contributed by atoms with van der Waals surface area (Å²) in [6.07, 6.45) is 3.24. The van der Waals surface area contributed by atoms with Crippen LogP contribution in [0.1, 0.15) is 19.8 Å². The molecule has 1 aliphatic carbocycles. The zero-order valence-corrected chi connectivity index (χ0v) is 19.8. The fraction of sp³-hybridized carbons (Fsp3) is 0.296. The number of carbonyl (C=O) groups is 1. The van der Waals surface area contributed by atoms with Gasteiger partial charge in [-0.15, -0.1) is 0 Å². The fourth-order valence-corrected chi connectivity index (χ4v) is 4.69. The van der Waals surface area contributed by atoms with Gasteiger partial charge in [0, 0.05) is 17.1 Å². The average molecular weight is 477 g/mol. The molecule has 0 bridgehead atoms. The minimum Gasteiger partial charge on any atom is -0.491 e. The summed E-state index contributed by atoms with van der Waals surface area (Å²) in [5.41, 5.74) is 2.15. The van der Waals surface area contributed by atoms with Crippen molar-refractivity contribution in [3.05, 3.63) is 65.9 Å². The summed E-state index contributed by atoms with van der Waals surface area (Å²) < 4.78 is 16.6. The van der Waals surface area contributed by atoms with Crippen LogP contribution in [-0.4, -0.2) is 42.4 Å². The van der Waals surface area contributed by atoms with E-state index in [0.29, 0.717) is 31.2 Å². The van der Waals surface area contributed by atoms with Crippen LogP contribution in [0.25, 0.3) is 32.9 Å². The van der Waals surface area contributed by atoms with Gasteiger partial charge >= 0.3 is 5.97 Å². The number of hydrogen-bond donors (Lipinski definition) is 0. The van der Waals surface area contributed by atoms with Crippen LogP contribution in [0.15, 0.2) is 60.8 Å². The van der Waals surface area contributed by atoms with E-state index in [4.69, 9.17) is 25.8 Å². The zero-order valence-electron chi connectivity index (χ0n) is 19.1. The van der Waals surface area contributed by atoms with E-state index in [1.54, 1.807) is 12.3 Å². The molecule has 6 nitrogen and oxygen atoms in total. The summed E-state index contributed by atoms with van der Waals surface area (Å²) in [7, 11) is 1.42. The van der Waals surface area contributed by atoms with Gasteiger partial charge < -0.3 is 14.2 Å². The maximum absolute atomic E-state index is 11.7. The lowest BCUT2D eigenvalue weighted by Crippen LogP contribution is -2.46. The van der Waals surface area contributed by atoms with Gasteiger partial charge in [0.05, 0.1) is 36.4 Å². The number of methoxy groups -OCH3 is 1. The Morgan fingerprint density at radius 1 is 1.03 bits per heavy atom. The predicted molar refractivity (Wildman–Crippen MR) is 132 cm³/mol. The Kier molecular flexibility index (Phi) is 6.11. The van der Waals surface area contributed by atoms with Crippen LogP contribution in [0.2, 0.25) is 5.15 Å². The topological polar surface area (TPSA) is 70.5 Å². The molecule has 0 radical (unpaired) electrons. The van der Waals surface area contributed by atoms with Gasteiger partial charge in [0.25, 0.3) is 0 Å². The van der Waals surface area contributed by atoms with E-state index in [9.17, 15) is 4.79 Å². The maximum atomic E-state index is 11.7. The first-order valence-electron chi connectivity index (χ1n) is 11.2. The number of nitrogens with zero attached hydrogens (tertiary/aromatic N) is 2. The molecule has 0 N–H and O–H groups in total. The van der Waals surface area contributed by atoms with Gasteiger partial charge in [0.1, 0.15) is 17.5 Å². The van der Waals surface area contributed by atoms with Gasteiger partial charge in [-0.1, -0.05) is 29.8 Å². The monoisotopic (exact) mass is 476 g/mol. The highest BCUT2D eigenvalue weighted by Gasteiger charge is 2.47. The highest BCUT2D eigenvalue weighted by atomic mass is 35.5. The van der Waals surface area contributed by atoms with Crippen LogP contribution in [0.3, 0.4) is 0 Å². The number of halogens is 1. The van der Waals surface area contributed by atoms with E-state index in [-0.39, 0.29) is 12.1 Å². The fourth-order valence-electron chi connectivity index (χ4n) is 4.55. The molecular formula is C27H25ClN2O4. The number of fused-ring (bicyclic) bond motifs is 2. The molecule has 0 saturated heterocycles. The summed E-state index contributed by atoms with van der Waals surface area (Å²) in [5.74, 6) is 0.618. The highest BCUT2D eigenvalue weighted by molar-refractivity contribution is 6.29. The maximum Gasteiger partial charge on any atom is 0.311 e. The molecule has 2 aromatic heterocycles. The van der Waals surface area contributed by atoms with Gasteiger partial charge in [0.15, 0.2) is 0 Å². The van der Waals surface area contributed by atoms with Crippen LogP contribution in [-0.2, 0) is 14.3 Å². The first kappa shape index (κ1) is 22.6. The Labute approximate surface area is 202 Å². The van der Waals surface area contributed by atoms with E-state index in [2.05, 4.69) is 22.1 Å². The predicted octanol–water partition coefficient (Wildman–Crippen LogP) is 5.84. The van der Waals surface area contributed by atoms with Crippen LogP contribution in [0, 0.1) is 5.41 Å².